The first-order valence-corrected chi connectivity index (χ1v) is 7.63. The molecule has 1 aromatic heterocycles. The van der Waals surface area contributed by atoms with E-state index in [1.165, 1.54) is 18.5 Å². The number of anilines is 1. The summed E-state index contributed by atoms with van der Waals surface area (Å²) in [4.78, 5) is 13.7. The summed E-state index contributed by atoms with van der Waals surface area (Å²) >= 11 is 0. The molecule has 0 spiro atoms. The molecule has 2 heterocycles. The first kappa shape index (κ1) is 14.6. The number of hydrogen-bond donors (Lipinski definition) is 1. The summed E-state index contributed by atoms with van der Waals surface area (Å²) < 4.78 is 1.64. The third kappa shape index (κ3) is 2.68. The summed E-state index contributed by atoms with van der Waals surface area (Å²) in [7, 11) is 0. The van der Waals surface area contributed by atoms with E-state index < -0.39 is 5.91 Å². The number of nitrogens with two attached hydrogens (primary N) is 1. The lowest BCUT2D eigenvalue weighted by atomic mass is 9.99. The van der Waals surface area contributed by atoms with Crippen molar-refractivity contribution in [3.63, 3.8) is 0 Å². The van der Waals surface area contributed by atoms with Gasteiger partial charge in [-0.25, -0.2) is 4.68 Å². The van der Waals surface area contributed by atoms with Gasteiger partial charge in [-0.1, -0.05) is 12.1 Å². The topological polar surface area (TPSA) is 77.0 Å². The summed E-state index contributed by atoms with van der Waals surface area (Å²) in [6.45, 7) is 6.31. The lowest BCUT2D eigenvalue weighted by molar-refractivity contribution is 0.0995. The van der Waals surface area contributed by atoms with Crippen LogP contribution in [0.4, 0.5) is 5.69 Å². The number of nitrogens with zero attached hydrogens (tertiary/aromatic N) is 4. The normalized spacial score (nSPS) is 16.0. The summed E-state index contributed by atoms with van der Waals surface area (Å²) in [6.07, 6.45) is 2.48. The predicted molar refractivity (Wildman–Crippen MR) is 85.2 cm³/mol. The van der Waals surface area contributed by atoms with Gasteiger partial charge in [-0.15, -0.1) is 5.10 Å². The van der Waals surface area contributed by atoms with Crippen molar-refractivity contribution in [3.8, 4) is 5.69 Å². The van der Waals surface area contributed by atoms with E-state index in [9.17, 15) is 4.79 Å². The predicted octanol–water partition coefficient (Wildman–Crippen LogP) is 1.91. The number of primary amides is 1. The summed E-state index contributed by atoms with van der Waals surface area (Å²) in [5.41, 5.74) is 8.26. The van der Waals surface area contributed by atoms with Crippen LogP contribution in [0.3, 0.4) is 0 Å². The lowest BCUT2D eigenvalue weighted by Crippen LogP contribution is -2.32. The van der Waals surface area contributed by atoms with Gasteiger partial charge in [0.25, 0.3) is 5.91 Å². The molecule has 0 bridgehead atoms. The van der Waals surface area contributed by atoms with Crippen LogP contribution >= 0.6 is 0 Å². The van der Waals surface area contributed by atoms with E-state index in [4.69, 9.17) is 5.73 Å². The number of benzene rings is 1. The summed E-state index contributed by atoms with van der Waals surface area (Å²) in [5.74, 6) is 0.267. The van der Waals surface area contributed by atoms with Gasteiger partial charge in [0.15, 0.2) is 5.69 Å². The first-order chi connectivity index (χ1) is 10.6. The monoisotopic (exact) mass is 299 g/mol. The quantitative estimate of drug-likeness (QED) is 0.939. The van der Waals surface area contributed by atoms with Crippen molar-refractivity contribution >= 4 is 11.6 Å². The van der Waals surface area contributed by atoms with E-state index in [-0.39, 0.29) is 5.69 Å². The van der Waals surface area contributed by atoms with Gasteiger partial charge >= 0.3 is 0 Å². The van der Waals surface area contributed by atoms with Crippen molar-refractivity contribution in [3.05, 3.63) is 35.7 Å². The molecule has 1 aromatic carbocycles. The fourth-order valence-electron chi connectivity index (χ4n) is 2.87. The van der Waals surface area contributed by atoms with Crippen molar-refractivity contribution in [2.45, 2.75) is 26.7 Å². The Morgan fingerprint density at radius 1 is 1.18 bits per heavy atom. The highest BCUT2D eigenvalue weighted by Crippen LogP contribution is 2.24. The van der Waals surface area contributed by atoms with E-state index in [0.717, 1.165) is 24.7 Å². The molecule has 0 atom stereocenters. The lowest BCUT2D eigenvalue weighted by Gasteiger charge is -2.32. The molecular weight excluding hydrogens is 278 g/mol. The zero-order valence-electron chi connectivity index (χ0n) is 13.0. The second-order valence-corrected chi connectivity index (χ2v) is 5.99. The molecule has 2 N–H and O–H groups in total. The number of carbonyl (C=O) groups excluding carboxylic acids is 1. The maximum atomic E-state index is 11.3. The number of piperidine rings is 1. The van der Waals surface area contributed by atoms with Crippen LogP contribution in [-0.2, 0) is 0 Å². The minimum absolute atomic E-state index is 0.217. The molecule has 22 heavy (non-hydrogen) atoms. The molecule has 1 amide bonds. The second-order valence-electron chi connectivity index (χ2n) is 5.99. The van der Waals surface area contributed by atoms with E-state index in [1.54, 1.807) is 11.6 Å². The molecule has 0 aliphatic carbocycles. The fourth-order valence-corrected chi connectivity index (χ4v) is 2.87. The number of amides is 1. The van der Waals surface area contributed by atoms with Crippen molar-refractivity contribution in [1.29, 1.82) is 0 Å². The van der Waals surface area contributed by atoms with Gasteiger partial charge in [-0.3, -0.25) is 4.79 Å². The Bertz CT molecular complexity index is 668. The van der Waals surface area contributed by atoms with Crippen LogP contribution in [0.25, 0.3) is 5.69 Å². The minimum Gasteiger partial charge on any atom is -0.372 e. The Hall–Kier alpha value is -2.37. The van der Waals surface area contributed by atoms with Crippen LogP contribution in [0.15, 0.2) is 24.3 Å². The van der Waals surface area contributed by atoms with Gasteiger partial charge in [0.05, 0.1) is 11.4 Å². The average molecular weight is 299 g/mol. The smallest absolute Gasteiger partial charge is 0.271 e. The summed E-state index contributed by atoms with van der Waals surface area (Å²) in [6, 6.07) is 8.19. The van der Waals surface area contributed by atoms with Crippen LogP contribution in [0.2, 0.25) is 0 Å². The SMILES string of the molecule is Cc1c(C(N)=O)nnn1-c1ccc(N2CCC(C)CC2)cc1. The van der Waals surface area contributed by atoms with Gasteiger partial charge in [0.2, 0.25) is 0 Å². The van der Waals surface area contributed by atoms with Crippen LogP contribution in [0, 0.1) is 12.8 Å². The number of carbonyl (C=O) groups is 1. The largest absolute Gasteiger partial charge is 0.372 e. The van der Waals surface area contributed by atoms with Gasteiger partial charge < -0.3 is 10.6 Å². The highest BCUT2D eigenvalue weighted by atomic mass is 16.1. The third-order valence-electron chi connectivity index (χ3n) is 4.37. The third-order valence-corrected chi connectivity index (χ3v) is 4.37. The first-order valence-electron chi connectivity index (χ1n) is 7.63. The standard InChI is InChI=1S/C16H21N5O/c1-11-7-9-20(10-8-11)13-3-5-14(6-4-13)21-12(2)15(16(17)22)18-19-21/h3-6,11H,7-10H2,1-2H3,(H2,17,22). The molecule has 1 fully saturated rings. The number of rotatable bonds is 3. The number of hydrogen-bond acceptors (Lipinski definition) is 4. The fraction of sp³-hybridized carbons (Fsp3) is 0.438. The van der Waals surface area contributed by atoms with Gasteiger partial charge in [0.1, 0.15) is 0 Å². The molecule has 6 nitrogen and oxygen atoms in total. The van der Waals surface area contributed by atoms with Crippen LogP contribution in [-0.4, -0.2) is 34.0 Å². The molecule has 1 aliphatic rings. The Morgan fingerprint density at radius 2 is 1.77 bits per heavy atom. The van der Waals surface area contributed by atoms with Crippen LogP contribution in [0.1, 0.15) is 35.9 Å². The molecule has 2 aromatic rings. The molecule has 116 valence electrons. The Labute approximate surface area is 129 Å². The van der Waals surface area contributed by atoms with Gasteiger partial charge in [-0.05, 0) is 49.9 Å². The summed E-state index contributed by atoms with van der Waals surface area (Å²) in [5, 5.41) is 7.85. The van der Waals surface area contributed by atoms with Crippen molar-refractivity contribution in [2.75, 3.05) is 18.0 Å². The van der Waals surface area contributed by atoms with Crippen molar-refractivity contribution < 1.29 is 4.79 Å². The van der Waals surface area contributed by atoms with E-state index in [0.29, 0.717) is 5.69 Å². The molecule has 6 heteroatoms. The average Bonchev–Trinajstić information content (AvgIpc) is 2.90. The Balaban J connectivity index is 1.81. The Kier molecular flexibility index (Phi) is 3.83. The molecule has 0 radical (unpaired) electrons. The number of aromatic nitrogens is 3. The zero-order valence-corrected chi connectivity index (χ0v) is 13.0. The van der Waals surface area contributed by atoms with E-state index in [2.05, 4.69) is 34.3 Å². The van der Waals surface area contributed by atoms with Crippen LogP contribution in [0.5, 0.6) is 0 Å². The highest BCUT2D eigenvalue weighted by Gasteiger charge is 2.17. The van der Waals surface area contributed by atoms with E-state index >= 15 is 0 Å². The molecular formula is C16H21N5O. The Morgan fingerprint density at radius 3 is 2.32 bits per heavy atom. The molecule has 0 unspecified atom stereocenters. The van der Waals surface area contributed by atoms with Crippen molar-refractivity contribution in [1.82, 2.24) is 15.0 Å². The maximum absolute atomic E-state index is 11.3. The molecule has 1 aliphatic heterocycles. The zero-order chi connectivity index (χ0) is 15.7. The van der Waals surface area contributed by atoms with E-state index in [1.807, 2.05) is 12.1 Å². The maximum Gasteiger partial charge on any atom is 0.271 e. The molecule has 1 saturated heterocycles. The van der Waals surface area contributed by atoms with Crippen LogP contribution < -0.4 is 10.6 Å². The second kappa shape index (κ2) is 5.79. The molecule has 0 saturated carbocycles. The van der Waals surface area contributed by atoms with Crippen molar-refractivity contribution in [2.24, 2.45) is 11.7 Å². The van der Waals surface area contributed by atoms with Gasteiger partial charge in [0, 0.05) is 18.8 Å². The molecule has 3 rings (SSSR count). The minimum atomic E-state index is -0.553. The van der Waals surface area contributed by atoms with Gasteiger partial charge in [-0.2, -0.15) is 0 Å². The highest BCUT2D eigenvalue weighted by molar-refractivity contribution is 5.91.